The minimum absolute atomic E-state index is 0.439. The van der Waals surface area contributed by atoms with Crippen molar-refractivity contribution in [1.82, 2.24) is 10.2 Å². The summed E-state index contributed by atoms with van der Waals surface area (Å²) in [4.78, 5) is 8.51. The quantitative estimate of drug-likeness (QED) is 0.480. The average molecular weight is 294 g/mol. The molecule has 2 heterocycles. The van der Waals surface area contributed by atoms with Gasteiger partial charge in [-0.05, 0) is 36.8 Å². The first-order valence-corrected chi connectivity index (χ1v) is 8.41. The van der Waals surface area contributed by atoms with E-state index in [1.165, 1.54) is 18.4 Å². The molecule has 1 aromatic rings. The fraction of sp³-hybridized carbons (Fsp3) is 0.667. The molecule has 0 saturated heterocycles. The SMILES string of the molecule is CCCCNC(N)=NCC(C)N1CCc2sccc2C1. The maximum absolute atomic E-state index is 5.87. The van der Waals surface area contributed by atoms with E-state index in [1.54, 1.807) is 4.88 Å². The van der Waals surface area contributed by atoms with Gasteiger partial charge < -0.3 is 11.1 Å². The summed E-state index contributed by atoms with van der Waals surface area (Å²) in [6.45, 7) is 8.28. The number of thiophene rings is 1. The maximum Gasteiger partial charge on any atom is 0.188 e. The van der Waals surface area contributed by atoms with Crippen LogP contribution < -0.4 is 11.1 Å². The van der Waals surface area contributed by atoms with Gasteiger partial charge in [0.15, 0.2) is 5.96 Å². The van der Waals surface area contributed by atoms with Gasteiger partial charge in [-0.15, -0.1) is 11.3 Å². The van der Waals surface area contributed by atoms with Gasteiger partial charge in [-0.2, -0.15) is 0 Å². The summed E-state index contributed by atoms with van der Waals surface area (Å²) >= 11 is 1.88. The molecule has 5 heteroatoms. The van der Waals surface area contributed by atoms with Gasteiger partial charge in [0.2, 0.25) is 0 Å². The van der Waals surface area contributed by atoms with Gasteiger partial charge in [-0.1, -0.05) is 13.3 Å². The first kappa shape index (κ1) is 15.3. The molecular weight excluding hydrogens is 268 g/mol. The second kappa shape index (κ2) is 7.64. The van der Waals surface area contributed by atoms with E-state index in [0.29, 0.717) is 12.0 Å². The Balaban J connectivity index is 1.78. The molecule has 0 aromatic carbocycles. The van der Waals surface area contributed by atoms with Gasteiger partial charge in [-0.3, -0.25) is 9.89 Å². The molecule has 1 atom stereocenters. The second-order valence-corrected chi connectivity index (χ2v) is 6.45. The zero-order valence-electron chi connectivity index (χ0n) is 12.6. The molecular formula is C15H26N4S. The summed E-state index contributed by atoms with van der Waals surface area (Å²) in [5.41, 5.74) is 7.37. The van der Waals surface area contributed by atoms with Crippen LogP contribution in [0.5, 0.6) is 0 Å². The van der Waals surface area contributed by atoms with E-state index in [4.69, 9.17) is 5.73 Å². The molecule has 1 aliphatic rings. The van der Waals surface area contributed by atoms with E-state index >= 15 is 0 Å². The molecule has 0 amide bonds. The zero-order valence-corrected chi connectivity index (χ0v) is 13.4. The van der Waals surface area contributed by atoms with E-state index in [2.05, 4.69) is 40.5 Å². The standard InChI is InChI=1S/C15H26N4S/c1-3-4-7-17-15(16)18-10-12(2)19-8-5-14-13(11-19)6-9-20-14/h6,9,12H,3-5,7-8,10-11H2,1-2H3,(H3,16,17,18). The average Bonchev–Trinajstić information content (AvgIpc) is 2.92. The fourth-order valence-electron chi connectivity index (χ4n) is 2.44. The van der Waals surface area contributed by atoms with E-state index < -0.39 is 0 Å². The smallest absolute Gasteiger partial charge is 0.188 e. The summed E-state index contributed by atoms with van der Waals surface area (Å²) in [6, 6.07) is 2.69. The Morgan fingerprint density at radius 1 is 1.60 bits per heavy atom. The Labute approximate surface area is 126 Å². The third kappa shape index (κ3) is 4.21. The molecule has 0 aliphatic carbocycles. The van der Waals surface area contributed by atoms with Gasteiger partial charge in [0.1, 0.15) is 0 Å². The van der Waals surface area contributed by atoms with Gasteiger partial charge in [0.05, 0.1) is 6.54 Å². The summed E-state index contributed by atoms with van der Waals surface area (Å²) in [7, 11) is 0. The summed E-state index contributed by atoms with van der Waals surface area (Å²) in [6.07, 6.45) is 3.48. The Kier molecular flexibility index (Phi) is 5.86. The molecule has 0 fully saturated rings. The molecule has 0 saturated carbocycles. The number of guanidine groups is 1. The van der Waals surface area contributed by atoms with Crippen LogP contribution in [0.3, 0.4) is 0 Å². The number of nitrogens with two attached hydrogens (primary N) is 1. The zero-order chi connectivity index (χ0) is 14.4. The molecule has 4 nitrogen and oxygen atoms in total. The van der Waals surface area contributed by atoms with Crippen molar-refractivity contribution < 1.29 is 0 Å². The number of aliphatic imine (C=N–C) groups is 1. The van der Waals surface area contributed by atoms with Crippen LogP contribution >= 0.6 is 11.3 Å². The highest BCUT2D eigenvalue weighted by Crippen LogP contribution is 2.25. The molecule has 1 unspecified atom stereocenters. The van der Waals surface area contributed by atoms with E-state index in [1.807, 2.05) is 11.3 Å². The number of unbranched alkanes of at least 4 members (excludes halogenated alkanes) is 1. The number of hydrogen-bond acceptors (Lipinski definition) is 3. The van der Waals surface area contributed by atoms with Crippen molar-refractivity contribution in [3.63, 3.8) is 0 Å². The van der Waals surface area contributed by atoms with E-state index in [0.717, 1.165) is 32.6 Å². The Hall–Kier alpha value is -1.07. The Bertz CT molecular complexity index is 441. The predicted octanol–water partition coefficient (Wildman–Crippen LogP) is 2.20. The van der Waals surface area contributed by atoms with Crippen LogP contribution in [0.25, 0.3) is 0 Å². The van der Waals surface area contributed by atoms with Gasteiger partial charge in [-0.25, -0.2) is 0 Å². The summed E-state index contributed by atoms with van der Waals surface area (Å²) in [5, 5.41) is 5.37. The lowest BCUT2D eigenvalue weighted by molar-refractivity contribution is 0.197. The van der Waals surface area contributed by atoms with Crippen molar-refractivity contribution >= 4 is 17.3 Å². The van der Waals surface area contributed by atoms with Crippen LogP contribution in [0.2, 0.25) is 0 Å². The molecule has 0 radical (unpaired) electrons. The van der Waals surface area contributed by atoms with Crippen LogP contribution in [0, 0.1) is 0 Å². The highest BCUT2D eigenvalue weighted by molar-refractivity contribution is 7.10. The van der Waals surface area contributed by atoms with Gasteiger partial charge >= 0.3 is 0 Å². The first-order chi connectivity index (χ1) is 9.70. The monoisotopic (exact) mass is 294 g/mol. The third-order valence-electron chi connectivity index (χ3n) is 3.82. The summed E-state index contributed by atoms with van der Waals surface area (Å²) in [5.74, 6) is 0.582. The van der Waals surface area contributed by atoms with Crippen molar-refractivity contribution in [3.05, 3.63) is 21.9 Å². The minimum Gasteiger partial charge on any atom is -0.370 e. The molecule has 1 aromatic heterocycles. The lowest BCUT2D eigenvalue weighted by atomic mass is 10.1. The molecule has 112 valence electrons. The molecule has 0 bridgehead atoms. The van der Waals surface area contributed by atoms with Crippen molar-refractivity contribution in [3.8, 4) is 0 Å². The normalized spacial score (nSPS) is 17.8. The van der Waals surface area contributed by atoms with Gasteiger partial charge in [0.25, 0.3) is 0 Å². The number of hydrogen-bond donors (Lipinski definition) is 2. The molecule has 1 aliphatic heterocycles. The van der Waals surface area contributed by atoms with Gasteiger partial charge in [0, 0.05) is 30.6 Å². The number of fused-ring (bicyclic) bond motifs is 1. The maximum atomic E-state index is 5.87. The van der Waals surface area contributed by atoms with Crippen LogP contribution in [0.1, 0.15) is 37.1 Å². The van der Waals surface area contributed by atoms with Crippen LogP contribution in [-0.2, 0) is 13.0 Å². The third-order valence-corrected chi connectivity index (χ3v) is 4.85. The molecule has 0 spiro atoms. The van der Waals surface area contributed by atoms with E-state index in [-0.39, 0.29) is 0 Å². The van der Waals surface area contributed by atoms with Crippen molar-refractivity contribution in [2.24, 2.45) is 10.7 Å². The van der Waals surface area contributed by atoms with Crippen molar-refractivity contribution in [2.75, 3.05) is 19.6 Å². The minimum atomic E-state index is 0.439. The Morgan fingerprint density at radius 3 is 3.25 bits per heavy atom. The van der Waals surface area contributed by atoms with Crippen molar-refractivity contribution in [2.45, 2.75) is 45.7 Å². The molecule has 3 N–H and O–H groups in total. The van der Waals surface area contributed by atoms with Crippen LogP contribution in [0.15, 0.2) is 16.4 Å². The van der Waals surface area contributed by atoms with Crippen molar-refractivity contribution in [1.29, 1.82) is 0 Å². The number of rotatable bonds is 6. The van der Waals surface area contributed by atoms with E-state index in [9.17, 15) is 0 Å². The number of nitrogens with zero attached hydrogens (tertiary/aromatic N) is 2. The predicted molar refractivity (Wildman–Crippen MR) is 87.3 cm³/mol. The summed E-state index contributed by atoms with van der Waals surface area (Å²) < 4.78 is 0. The first-order valence-electron chi connectivity index (χ1n) is 7.53. The molecule has 20 heavy (non-hydrogen) atoms. The highest BCUT2D eigenvalue weighted by atomic mass is 32.1. The van der Waals surface area contributed by atoms with Crippen LogP contribution in [0.4, 0.5) is 0 Å². The molecule has 2 rings (SSSR count). The lowest BCUT2D eigenvalue weighted by Crippen LogP contribution is -2.40. The van der Waals surface area contributed by atoms with Crippen LogP contribution in [-0.4, -0.2) is 36.5 Å². The topological polar surface area (TPSA) is 53.6 Å². The fourth-order valence-corrected chi connectivity index (χ4v) is 3.33. The number of nitrogens with one attached hydrogen (secondary N) is 1. The Morgan fingerprint density at radius 2 is 2.45 bits per heavy atom. The largest absolute Gasteiger partial charge is 0.370 e. The second-order valence-electron chi connectivity index (χ2n) is 5.44. The highest BCUT2D eigenvalue weighted by Gasteiger charge is 2.21. The lowest BCUT2D eigenvalue weighted by Gasteiger charge is -2.31.